The molecule has 21 heavy (non-hydrogen) atoms. The van der Waals surface area contributed by atoms with E-state index in [9.17, 15) is 8.42 Å². The van der Waals surface area contributed by atoms with E-state index in [2.05, 4.69) is 24.1 Å². The molecule has 1 fully saturated rings. The van der Waals surface area contributed by atoms with Gasteiger partial charge in [-0.15, -0.1) is 0 Å². The summed E-state index contributed by atoms with van der Waals surface area (Å²) in [6.07, 6.45) is 2.37. The van der Waals surface area contributed by atoms with Crippen molar-refractivity contribution in [2.75, 3.05) is 32.4 Å². The molecule has 1 heterocycles. The summed E-state index contributed by atoms with van der Waals surface area (Å²) in [5.74, 6) is 0.548. The van der Waals surface area contributed by atoms with Crippen molar-refractivity contribution in [3.8, 4) is 0 Å². The maximum absolute atomic E-state index is 11.6. The molecule has 2 rings (SSSR count). The first-order valence-corrected chi connectivity index (χ1v) is 9.57. The Morgan fingerprint density at radius 2 is 1.76 bits per heavy atom. The third kappa shape index (κ3) is 4.05. The van der Waals surface area contributed by atoms with Gasteiger partial charge >= 0.3 is 0 Å². The van der Waals surface area contributed by atoms with Crippen LogP contribution in [0.25, 0.3) is 0 Å². The molecule has 4 nitrogen and oxygen atoms in total. The summed E-state index contributed by atoms with van der Waals surface area (Å²) in [5, 5.41) is 3.39. The summed E-state index contributed by atoms with van der Waals surface area (Å²) < 4.78 is 23.2. The van der Waals surface area contributed by atoms with Crippen LogP contribution in [0.5, 0.6) is 0 Å². The Morgan fingerprint density at radius 1 is 1.19 bits per heavy atom. The van der Waals surface area contributed by atoms with Crippen molar-refractivity contribution in [3.05, 3.63) is 29.8 Å². The average molecular weight is 310 g/mol. The molecular weight excluding hydrogens is 284 g/mol. The van der Waals surface area contributed by atoms with Crippen LogP contribution < -0.4 is 5.32 Å². The Hall–Kier alpha value is -0.910. The topological polar surface area (TPSA) is 49.4 Å². The highest BCUT2D eigenvalue weighted by Gasteiger charge is 2.26. The molecule has 0 aliphatic carbocycles. The third-order valence-corrected chi connectivity index (χ3v) is 5.51. The summed E-state index contributed by atoms with van der Waals surface area (Å²) in [6, 6.07) is 7.81. The van der Waals surface area contributed by atoms with E-state index < -0.39 is 9.84 Å². The van der Waals surface area contributed by atoms with Gasteiger partial charge in [-0.2, -0.15) is 0 Å². The molecule has 0 amide bonds. The van der Waals surface area contributed by atoms with Crippen LogP contribution >= 0.6 is 0 Å². The SMILES string of the molecule is CCC(C)[C@H](c1ccc(S(C)(=O)=O)cc1)N1CCNCC1. The van der Waals surface area contributed by atoms with Gasteiger partial charge < -0.3 is 5.32 Å². The zero-order chi connectivity index (χ0) is 15.5. The second kappa shape index (κ2) is 6.90. The molecule has 0 spiro atoms. The third-order valence-electron chi connectivity index (χ3n) is 4.38. The maximum Gasteiger partial charge on any atom is 0.175 e. The smallest absolute Gasteiger partial charge is 0.175 e. The van der Waals surface area contributed by atoms with Gasteiger partial charge in [0.25, 0.3) is 0 Å². The number of piperazine rings is 1. The molecule has 0 radical (unpaired) electrons. The Labute approximate surface area is 128 Å². The van der Waals surface area contributed by atoms with E-state index in [4.69, 9.17) is 0 Å². The number of hydrogen-bond acceptors (Lipinski definition) is 4. The van der Waals surface area contributed by atoms with E-state index in [1.54, 1.807) is 12.1 Å². The van der Waals surface area contributed by atoms with Crippen molar-refractivity contribution in [2.24, 2.45) is 5.92 Å². The van der Waals surface area contributed by atoms with Gasteiger partial charge in [0.1, 0.15) is 0 Å². The lowest BCUT2D eigenvalue weighted by atomic mass is 9.90. The summed E-state index contributed by atoms with van der Waals surface area (Å²) in [6.45, 7) is 8.62. The highest BCUT2D eigenvalue weighted by Crippen LogP contribution is 2.31. The molecule has 0 aromatic heterocycles. The molecule has 0 bridgehead atoms. The van der Waals surface area contributed by atoms with Crippen molar-refractivity contribution >= 4 is 9.84 Å². The fourth-order valence-electron chi connectivity index (χ4n) is 3.00. The van der Waals surface area contributed by atoms with E-state index in [-0.39, 0.29) is 0 Å². The number of hydrogen-bond donors (Lipinski definition) is 1. The van der Waals surface area contributed by atoms with Crippen molar-refractivity contribution in [3.63, 3.8) is 0 Å². The second-order valence-electron chi connectivity index (χ2n) is 5.96. The number of sulfone groups is 1. The molecule has 2 atom stereocenters. The van der Waals surface area contributed by atoms with Crippen LogP contribution in [0.15, 0.2) is 29.2 Å². The summed E-state index contributed by atoms with van der Waals surface area (Å²) in [4.78, 5) is 2.91. The molecule has 5 heteroatoms. The number of nitrogens with one attached hydrogen (secondary N) is 1. The molecule has 118 valence electrons. The lowest BCUT2D eigenvalue weighted by molar-refractivity contribution is 0.128. The van der Waals surface area contributed by atoms with E-state index in [1.807, 2.05) is 12.1 Å². The Balaban J connectivity index is 2.28. The monoisotopic (exact) mass is 310 g/mol. The molecule has 1 N–H and O–H groups in total. The van der Waals surface area contributed by atoms with Crippen LogP contribution in [0.2, 0.25) is 0 Å². The van der Waals surface area contributed by atoms with Crippen LogP contribution in [0, 0.1) is 5.92 Å². The lowest BCUT2D eigenvalue weighted by Gasteiger charge is -2.38. The summed E-state index contributed by atoms with van der Waals surface area (Å²) >= 11 is 0. The Morgan fingerprint density at radius 3 is 2.24 bits per heavy atom. The fraction of sp³-hybridized carbons (Fsp3) is 0.625. The minimum Gasteiger partial charge on any atom is -0.314 e. The lowest BCUT2D eigenvalue weighted by Crippen LogP contribution is -2.46. The molecular formula is C16H26N2O2S. The molecule has 1 aromatic rings. The number of nitrogens with zero attached hydrogens (tertiary/aromatic N) is 1. The summed E-state index contributed by atoms with van der Waals surface area (Å²) in [5.41, 5.74) is 1.22. The normalized spacial score (nSPS) is 20.1. The van der Waals surface area contributed by atoms with E-state index in [0.29, 0.717) is 16.9 Å². The van der Waals surface area contributed by atoms with Crippen LogP contribution in [0.3, 0.4) is 0 Å². The Bertz CT molecular complexity index is 548. The van der Waals surface area contributed by atoms with Crippen LogP contribution in [-0.2, 0) is 9.84 Å². The van der Waals surface area contributed by atoms with Gasteiger partial charge in [-0.25, -0.2) is 8.42 Å². The molecule has 1 aromatic carbocycles. The minimum absolute atomic E-state index is 0.366. The number of benzene rings is 1. The molecule has 1 aliphatic heterocycles. The standard InChI is InChI=1S/C16H26N2O2S/c1-4-13(2)16(18-11-9-17-10-12-18)14-5-7-15(8-6-14)21(3,19)20/h5-8,13,16-17H,4,9-12H2,1-3H3/t13?,16-/m1/s1. The average Bonchev–Trinajstić information content (AvgIpc) is 2.48. The molecule has 1 saturated heterocycles. The fourth-order valence-corrected chi connectivity index (χ4v) is 3.63. The van der Waals surface area contributed by atoms with Gasteiger partial charge in [-0.1, -0.05) is 32.4 Å². The first kappa shape index (κ1) is 16.5. The van der Waals surface area contributed by atoms with Gasteiger partial charge in [0.2, 0.25) is 0 Å². The highest BCUT2D eigenvalue weighted by atomic mass is 32.2. The second-order valence-corrected chi connectivity index (χ2v) is 7.97. The molecule has 1 aliphatic rings. The van der Waals surface area contributed by atoms with Gasteiger partial charge in [0.15, 0.2) is 9.84 Å². The van der Waals surface area contributed by atoms with Crippen molar-refractivity contribution < 1.29 is 8.42 Å². The first-order valence-electron chi connectivity index (χ1n) is 7.68. The van der Waals surface area contributed by atoms with E-state index in [1.165, 1.54) is 11.8 Å². The predicted molar refractivity (Wildman–Crippen MR) is 86.2 cm³/mol. The predicted octanol–water partition coefficient (Wildman–Crippen LogP) is 2.08. The largest absolute Gasteiger partial charge is 0.314 e. The minimum atomic E-state index is -3.12. The molecule has 0 saturated carbocycles. The quantitative estimate of drug-likeness (QED) is 0.905. The van der Waals surface area contributed by atoms with Crippen molar-refractivity contribution in [2.45, 2.75) is 31.2 Å². The van der Waals surface area contributed by atoms with Gasteiger partial charge in [0, 0.05) is 38.5 Å². The van der Waals surface area contributed by atoms with Gasteiger partial charge in [0.05, 0.1) is 4.90 Å². The highest BCUT2D eigenvalue weighted by molar-refractivity contribution is 7.90. The maximum atomic E-state index is 11.6. The summed E-state index contributed by atoms with van der Waals surface area (Å²) in [7, 11) is -3.12. The Kier molecular flexibility index (Phi) is 5.41. The van der Waals surface area contributed by atoms with E-state index in [0.717, 1.165) is 32.6 Å². The van der Waals surface area contributed by atoms with Gasteiger partial charge in [-0.3, -0.25) is 4.90 Å². The zero-order valence-electron chi connectivity index (χ0n) is 13.2. The van der Waals surface area contributed by atoms with Crippen molar-refractivity contribution in [1.29, 1.82) is 0 Å². The van der Waals surface area contributed by atoms with Crippen LogP contribution in [0.4, 0.5) is 0 Å². The van der Waals surface area contributed by atoms with Crippen LogP contribution in [-0.4, -0.2) is 45.8 Å². The van der Waals surface area contributed by atoms with Gasteiger partial charge in [-0.05, 0) is 23.6 Å². The van der Waals surface area contributed by atoms with Crippen molar-refractivity contribution in [1.82, 2.24) is 10.2 Å². The van der Waals surface area contributed by atoms with E-state index >= 15 is 0 Å². The first-order chi connectivity index (χ1) is 9.93. The molecule has 1 unspecified atom stereocenters. The zero-order valence-corrected chi connectivity index (χ0v) is 14.0. The number of rotatable bonds is 5. The van der Waals surface area contributed by atoms with Crippen LogP contribution in [0.1, 0.15) is 31.9 Å².